The summed E-state index contributed by atoms with van der Waals surface area (Å²) in [6.45, 7) is 9.93. The van der Waals surface area contributed by atoms with Crippen molar-refractivity contribution >= 4 is 18.7 Å². The molecule has 0 aliphatic heterocycles. The van der Waals surface area contributed by atoms with Gasteiger partial charge in [-0.3, -0.25) is 0 Å². The summed E-state index contributed by atoms with van der Waals surface area (Å²) in [6.07, 6.45) is 1.16. The van der Waals surface area contributed by atoms with Crippen LogP contribution in [-0.4, -0.2) is 6.72 Å². The van der Waals surface area contributed by atoms with E-state index in [1.165, 1.54) is 17.5 Å². The Morgan fingerprint density at radius 2 is 2.30 bits per heavy atom. The topological polar surface area (TPSA) is 12.4 Å². The first-order valence-electron chi connectivity index (χ1n) is 3.44. The van der Waals surface area contributed by atoms with Crippen LogP contribution in [0.3, 0.4) is 0 Å². The molecule has 0 bridgehead atoms. The van der Waals surface area contributed by atoms with E-state index in [0.29, 0.717) is 0 Å². The van der Waals surface area contributed by atoms with Crippen molar-refractivity contribution in [3.63, 3.8) is 0 Å². The van der Waals surface area contributed by atoms with Crippen LogP contribution in [0.2, 0.25) is 0 Å². The van der Waals surface area contributed by atoms with Crippen LogP contribution < -0.4 is 0 Å². The standard InChI is InChI=1S/C8H15NS/c1-7(2)5-8(3)6-10-9-4/h6-7H,4-5H2,1-3H3/b8-6+. The molecule has 0 N–H and O–H groups in total. The average Bonchev–Trinajstić information content (AvgIpc) is 1.82. The van der Waals surface area contributed by atoms with Gasteiger partial charge in [0.1, 0.15) is 0 Å². The van der Waals surface area contributed by atoms with Gasteiger partial charge in [-0.05, 0) is 31.4 Å². The highest BCUT2D eigenvalue weighted by atomic mass is 32.2. The Morgan fingerprint density at radius 3 is 2.70 bits per heavy atom. The summed E-state index contributed by atoms with van der Waals surface area (Å²) in [7, 11) is 0. The molecule has 58 valence electrons. The van der Waals surface area contributed by atoms with Gasteiger partial charge in [0.25, 0.3) is 0 Å². The first kappa shape index (κ1) is 9.76. The van der Waals surface area contributed by atoms with Crippen LogP contribution in [0.1, 0.15) is 27.2 Å². The highest BCUT2D eigenvalue weighted by Crippen LogP contribution is 2.14. The molecular formula is C8H15NS. The molecule has 0 aromatic heterocycles. The zero-order valence-electron chi connectivity index (χ0n) is 6.92. The fourth-order valence-corrected chi connectivity index (χ4v) is 1.17. The van der Waals surface area contributed by atoms with Gasteiger partial charge in [0.05, 0.1) is 0 Å². The van der Waals surface area contributed by atoms with E-state index in [2.05, 4.69) is 31.9 Å². The van der Waals surface area contributed by atoms with Gasteiger partial charge in [-0.25, -0.2) is 4.40 Å². The van der Waals surface area contributed by atoms with Crippen LogP contribution in [0.5, 0.6) is 0 Å². The van der Waals surface area contributed by atoms with E-state index in [4.69, 9.17) is 0 Å². The maximum absolute atomic E-state index is 3.67. The molecule has 0 aromatic rings. The quantitative estimate of drug-likeness (QED) is 0.450. The number of hydrogen-bond acceptors (Lipinski definition) is 2. The van der Waals surface area contributed by atoms with Crippen molar-refractivity contribution in [1.82, 2.24) is 0 Å². The normalized spacial score (nSPS) is 12.2. The second-order valence-corrected chi connectivity index (χ2v) is 3.50. The lowest BCUT2D eigenvalue weighted by Crippen LogP contribution is -1.86. The molecule has 10 heavy (non-hydrogen) atoms. The molecular weight excluding hydrogens is 142 g/mol. The summed E-state index contributed by atoms with van der Waals surface area (Å²) >= 11 is 1.41. The Balaban J connectivity index is 3.59. The van der Waals surface area contributed by atoms with Crippen molar-refractivity contribution in [3.05, 3.63) is 11.0 Å². The average molecular weight is 157 g/mol. The number of nitrogens with zero attached hydrogens (tertiary/aromatic N) is 1. The molecule has 0 atom stereocenters. The van der Waals surface area contributed by atoms with Gasteiger partial charge in [0.2, 0.25) is 0 Å². The third-order valence-electron chi connectivity index (χ3n) is 1.06. The molecule has 1 nitrogen and oxygen atoms in total. The minimum atomic E-state index is 0.738. The van der Waals surface area contributed by atoms with Gasteiger partial charge < -0.3 is 0 Å². The first-order valence-corrected chi connectivity index (χ1v) is 4.28. The van der Waals surface area contributed by atoms with Crippen LogP contribution in [-0.2, 0) is 0 Å². The van der Waals surface area contributed by atoms with Gasteiger partial charge in [-0.15, -0.1) is 0 Å². The molecule has 0 radical (unpaired) electrons. The molecule has 0 saturated carbocycles. The van der Waals surface area contributed by atoms with Crippen molar-refractivity contribution in [2.75, 3.05) is 0 Å². The molecule has 0 fully saturated rings. The first-order chi connectivity index (χ1) is 4.66. The SMILES string of the molecule is C=NS/C=C(\C)CC(C)C. The fourth-order valence-electron chi connectivity index (χ4n) is 0.819. The van der Waals surface area contributed by atoms with Crippen LogP contribution >= 0.6 is 11.9 Å². The van der Waals surface area contributed by atoms with Gasteiger partial charge in [0.15, 0.2) is 0 Å². The van der Waals surface area contributed by atoms with E-state index in [0.717, 1.165) is 12.3 Å². The van der Waals surface area contributed by atoms with Crippen molar-refractivity contribution in [3.8, 4) is 0 Å². The fraction of sp³-hybridized carbons (Fsp3) is 0.625. The zero-order valence-corrected chi connectivity index (χ0v) is 7.74. The Bertz CT molecular complexity index is 127. The van der Waals surface area contributed by atoms with Crippen molar-refractivity contribution in [2.45, 2.75) is 27.2 Å². The maximum Gasteiger partial charge on any atom is 0.00142 e. The second-order valence-electron chi connectivity index (χ2n) is 2.80. The smallest absolute Gasteiger partial charge is 0.00142 e. The predicted octanol–water partition coefficient (Wildman–Crippen LogP) is 3.29. The van der Waals surface area contributed by atoms with E-state index in [1.54, 1.807) is 0 Å². The third kappa shape index (κ3) is 5.89. The second kappa shape index (κ2) is 5.54. The monoisotopic (exact) mass is 157 g/mol. The largest absolute Gasteiger partial charge is 0.228 e. The minimum Gasteiger partial charge on any atom is -0.228 e. The van der Waals surface area contributed by atoms with Gasteiger partial charge >= 0.3 is 0 Å². The van der Waals surface area contributed by atoms with Gasteiger partial charge in [-0.2, -0.15) is 0 Å². The van der Waals surface area contributed by atoms with E-state index in [1.807, 2.05) is 5.41 Å². The van der Waals surface area contributed by atoms with Gasteiger partial charge in [-0.1, -0.05) is 19.4 Å². The van der Waals surface area contributed by atoms with E-state index < -0.39 is 0 Å². The summed E-state index contributed by atoms with van der Waals surface area (Å²) in [4.78, 5) is 0. The molecule has 0 aliphatic carbocycles. The van der Waals surface area contributed by atoms with Crippen molar-refractivity contribution in [1.29, 1.82) is 0 Å². The summed E-state index contributed by atoms with van der Waals surface area (Å²) in [5, 5.41) is 2.05. The summed E-state index contributed by atoms with van der Waals surface area (Å²) in [6, 6.07) is 0. The van der Waals surface area contributed by atoms with Crippen LogP contribution in [0, 0.1) is 5.92 Å². The molecule has 0 heterocycles. The lowest BCUT2D eigenvalue weighted by molar-refractivity contribution is 0.643. The lowest BCUT2D eigenvalue weighted by atomic mass is 10.1. The Hall–Kier alpha value is -0.240. The number of hydrogen-bond donors (Lipinski definition) is 0. The highest BCUT2D eigenvalue weighted by Gasteiger charge is 1.93. The Morgan fingerprint density at radius 1 is 1.70 bits per heavy atom. The third-order valence-corrected chi connectivity index (χ3v) is 1.72. The molecule has 0 aliphatic rings. The van der Waals surface area contributed by atoms with E-state index in [9.17, 15) is 0 Å². The summed E-state index contributed by atoms with van der Waals surface area (Å²) in [5.74, 6) is 0.738. The predicted molar refractivity (Wildman–Crippen MR) is 50.4 cm³/mol. The molecule has 0 saturated heterocycles. The summed E-state index contributed by atoms with van der Waals surface area (Å²) in [5.41, 5.74) is 1.38. The highest BCUT2D eigenvalue weighted by molar-refractivity contribution is 8.00. The van der Waals surface area contributed by atoms with E-state index >= 15 is 0 Å². The molecule has 0 aromatic carbocycles. The van der Waals surface area contributed by atoms with Crippen molar-refractivity contribution in [2.24, 2.45) is 10.3 Å². The minimum absolute atomic E-state index is 0.738. The molecule has 0 rings (SSSR count). The number of allylic oxidation sites excluding steroid dienone is 1. The van der Waals surface area contributed by atoms with Crippen molar-refractivity contribution < 1.29 is 0 Å². The van der Waals surface area contributed by atoms with E-state index in [-0.39, 0.29) is 0 Å². The number of rotatable bonds is 4. The summed E-state index contributed by atoms with van der Waals surface area (Å²) < 4.78 is 3.67. The van der Waals surface area contributed by atoms with Gasteiger partial charge in [0, 0.05) is 11.9 Å². The molecule has 2 heteroatoms. The zero-order chi connectivity index (χ0) is 7.98. The lowest BCUT2D eigenvalue weighted by Gasteiger charge is -2.02. The van der Waals surface area contributed by atoms with Crippen LogP contribution in [0.4, 0.5) is 0 Å². The Kier molecular flexibility index (Phi) is 5.40. The Labute approximate surface area is 67.8 Å². The van der Waals surface area contributed by atoms with Crippen LogP contribution in [0.25, 0.3) is 0 Å². The maximum atomic E-state index is 3.67. The molecule has 0 spiro atoms. The molecule has 0 unspecified atom stereocenters. The molecule has 0 amide bonds. The van der Waals surface area contributed by atoms with Crippen LogP contribution in [0.15, 0.2) is 15.4 Å².